The number of fused-ring (bicyclic) bond motifs is 1. The Morgan fingerprint density at radius 3 is 3.00 bits per heavy atom. The molecule has 0 radical (unpaired) electrons. The van der Waals surface area contributed by atoms with Gasteiger partial charge in [-0.05, 0) is 17.7 Å². The van der Waals surface area contributed by atoms with Crippen LogP contribution in [-0.4, -0.2) is 15.2 Å². The van der Waals surface area contributed by atoms with Crippen LogP contribution in [0, 0.1) is 0 Å². The average molecular weight is 317 g/mol. The predicted molar refractivity (Wildman–Crippen MR) is 78.6 cm³/mol. The van der Waals surface area contributed by atoms with Gasteiger partial charge in [0.25, 0.3) is 0 Å². The van der Waals surface area contributed by atoms with Gasteiger partial charge in [-0.3, -0.25) is 10.1 Å². The molecular formula is C14H13BrN4. The largest absolute Gasteiger partial charge is 0.308 e. The fraction of sp³-hybridized carbons (Fsp3) is 0.143. The number of aromatic nitrogens is 3. The third-order valence-electron chi connectivity index (χ3n) is 3.00. The number of nitrogens with zero attached hydrogens (tertiary/aromatic N) is 2. The van der Waals surface area contributed by atoms with Gasteiger partial charge >= 0.3 is 0 Å². The predicted octanol–water partition coefficient (Wildman–Crippen LogP) is 3.01. The lowest BCUT2D eigenvalue weighted by Gasteiger charge is -2.08. The number of halogens is 1. The van der Waals surface area contributed by atoms with Crippen molar-refractivity contribution in [2.45, 2.75) is 13.1 Å². The van der Waals surface area contributed by atoms with Crippen LogP contribution in [-0.2, 0) is 13.1 Å². The second-order valence-electron chi connectivity index (χ2n) is 4.32. The third-order valence-corrected chi connectivity index (χ3v) is 3.69. The van der Waals surface area contributed by atoms with Gasteiger partial charge in [0, 0.05) is 40.9 Å². The molecule has 2 aromatic heterocycles. The van der Waals surface area contributed by atoms with Crippen molar-refractivity contribution in [2.75, 3.05) is 0 Å². The molecule has 0 amide bonds. The topological polar surface area (TPSA) is 53.6 Å². The minimum absolute atomic E-state index is 0.784. The molecule has 2 N–H and O–H groups in total. The van der Waals surface area contributed by atoms with Gasteiger partial charge in [-0.2, -0.15) is 5.10 Å². The Morgan fingerprint density at radius 1 is 1.21 bits per heavy atom. The van der Waals surface area contributed by atoms with E-state index in [-0.39, 0.29) is 0 Å². The van der Waals surface area contributed by atoms with Crippen LogP contribution in [0.3, 0.4) is 0 Å². The molecule has 0 saturated carbocycles. The fourth-order valence-electron chi connectivity index (χ4n) is 2.05. The van der Waals surface area contributed by atoms with Crippen LogP contribution in [0.4, 0.5) is 0 Å². The van der Waals surface area contributed by atoms with E-state index in [2.05, 4.69) is 54.6 Å². The van der Waals surface area contributed by atoms with Crippen molar-refractivity contribution in [2.24, 2.45) is 0 Å². The van der Waals surface area contributed by atoms with Gasteiger partial charge in [-0.1, -0.05) is 28.1 Å². The highest BCUT2D eigenvalue weighted by molar-refractivity contribution is 9.10. The molecule has 1 aromatic carbocycles. The number of rotatable bonds is 4. The zero-order chi connectivity index (χ0) is 13.1. The van der Waals surface area contributed by atoms with Crippen LogP contribution in [0.15, 0.2) is 47.3 Å². The molecule has 0 atom stereocenters. The summed E-state index contributed by atoms with van der Waals surface area (Å²) in [6.45, 7) is 1.58. The summed E-state index contributed by atoms with van der Waals surface area (Å²) in [5, 5.41) is 11.3. The minimum Gasteiger partial charge on any atom is -0.308 e. The molecule has 3 rings (SSSR count). The summed E-state index contributed by atoms with van der Waals surface area (Å²) in [7, 11) is 0. The van der Waals surface area contributed by atoms with Crippen molar-refractivity contribution in [1.82, 2.24) is 20.5 Å². The highest BCUT2D eigenvalue weighted by Gasteiger charge is 2.05. The van der Waals surface area contributed by atoms with E-state index in [0.717, 1.165) is 34.0 Å². The molecule has 3 aromatic rings. The fourth-order valence-corrected chi connectivity index (χ4v) is 2.51. The first-order valence-electron chi connectivity index (χ1n) is 6.05. The van der Waals surface area contributed by atoms with E-state index < -0.39 is 0 Å². The third kappa shape index (κ3) is 2.67. The highest BCUT2D eigenvalue weighted by Crippen LogP contribution is 2.25. The highest BCUT2D eigenvalue weighted by atomic mass is 79.9. The van der Waals surface area contributed by atoms with Crippen molar-refractivity contribution in [1.29, 1.82) is 0 Å². The van der Waals surface area contributed by atoms with Crippen LogP contribution < -0.4 is 5.32 Å². The molecule has 0 aliphatic heterocycles. The Kier molecular flexibility index (Phi) is 3.57. The molecule has 0 saturated heterocycles. The molecule has 96 valence electrons. The maximum atomic E-state index is 4.47. The van der Waals surface area contributed by atoms with E-state index in [1.54, 1.807) is 0 Å². The van der Waals surface area contributed by atoms with E-state index in [4.69, 9.17) is 0 Å². The Bertz CT molecular complexity index is 679. The van der Waals surface area contributed by atoms with Crippen LogP contribution >= 0.6 is 15.9 Å². The molecule has 2 heterocycles. The Hall–Kier alpha value is -1.72. The van der Waals surface area contributed by atoms with Crippen molar-refractivity contribution in [3.63, 3.8) is 0 Å². The van der Waals surface area contributed by atoms with Crippen LogP contribution in [0.25, 0.3) is 10.9 Å². The van der Waals surface area contributed by atoms with Crippen molar-refractivity contribution in [3.05, 3.63) is 58.5 Å². The van der Waals surface area contributed by atoms with Crippen molar-refractivity contribution < 1.29 is 0 Å². The number of nitrogens with one attached hydrogen (secondary N) is 2. The van der Waals surface area contributed by atoms with Gasteiger partial charge in [-0.15, -0.1) is 0 Å². The summed E-state index contributed by atoms with van der Waals surface area (Å²) in [5.74, 6) is 0. The van der Waals surface area contributed by atoms with Crippen molar-refractivity contribution >= 4 is 26.8 Å². The number of benzene rings is 1. The summed E-state index contributed by atoms with van der Waals surface area (Å²) in [6, 6.07) is 8.20. The van der Waals surface area contributed by atoms with Gasteiger partial charge in [0.15, 0.2) is 0 Å². The number of pyridine rings is 1. The maximum Gasteiger partial charge on any atom is 0.0758 e. The van der Waals surface area contributed by atoms with E-state index in [9.17, 15) is 0 Å². The summed E-state index contributed by atoms with van der Waals surface area (Å²) in [5.41, 5.74) is 3.38. The zero-order valence-corrected chi connectivity index (χ0v) is 11.8. The van der Waals surface area contributed by atoms with Crippen molar-refractivity contribution in [3.8, 4) is 0 Å². The zero-order valence-electron chi connectivity index (χ0n) is 10.2. The lowest BCUT2D eigenvalue weighted by atomic mass is 10.1. The SMILES string of the molecule is Brc1ccc(CNCc2cn[nH]c2)c2ncccc12. The summed E-state index contributed by atoms with van der Waals surface area (Å²) in [6.07, 6.45) is 5.55. The molecule has 0 aliphatic rings. The molecule has 0 spiro atoms. The summed E-state index contributed by atoms with van der Waals surface area (Å²) >= 11 is 3.56. The number of aromatic amines is 1. The Labute approximate surface area is 119 Å². The second-order valence-corrected chi connectivity index (χ2v) is 5.17. The summed E-state index contributed by atoms with van der Waals surface area (Å²) < 4.78 is 1.08. The van der Waals surface area contributed by atoms with Gasteiger partial charge in [-0.25, -0.2) is 0 Å². The van der Waals surface area contributed by atoms with E-state index in [1.165, 1.54) is 5.56 Å². The molecule has 0 bridgehead atoms. The van der Waals surface area contributed by atoms with Gasteiger partial charge in [0.05, 0.1) is 11.7 Å². The standard InChI is InChI=1S/C14H13BrN4/c15-13-4-3-11(14-12(13)2-1-5-17-14)9-16-6-10-7-18-19-8-10/h1-5,7-8,16H,6,9H2,(H,18,19). The molecule has 5 heteroatoms. The maximum absolute atomic E-state index is 4.47. The van der Waals surface area contributed by atoms with Gasteiger partial charge in [0.1, 0.15) is 0 Å². The Balaban J connectivity index is 1.79. The molecule has 0 aliphatic carbocycles. The summed E-state index contributed by atoms with van der Waals surface area (Å²) in [4.78, 5) is 4.47. The first-order valence-corrected chi connectivity index (χ1v) is 6.84. The van der Waals surface area contributed by atoms with E-state index in [0.29, 0.717) is 0 Å². The molecule has 0 unspecified atom stereocenters. The number of H-pyrrole nitrogens is 1. The minimum atomic E-state index is 0.784. The van der Waals surface area contributed by atoms with Gasteiger partial charge in [0.2, 0.25) is 0 Å². The number of hydrogen-bond donors (Lipinski definition) is 2. The van der Waals surface area contributed by atoms with Crippen LogP contribution in [0.2, 0.25) is 0 Å². The second kappa shape index (κ2) is 5.50. The smallest absolute Gasteiger partial charge is 0.0758 e. The molecule has 4 nitrogen and oxygen atoms in total. The average Bonchev–Trinajstić information content (AvgIpc) is 2.95. The molecule has 0 fully saturated rings. The first kappa shape index (κ1) is 12.3. The normalized spacial score (nSPS) is 11.0. The monoisotopic (exact) mass is 316 g/mol. The lowest BCUT2D eigenvalue weighted by Crippen LogP contribution is -2.12. The van der Waals surface area contributed by atoms with Gasteiger partial charge < -0.3 is 5.32 Å². The first-order chi connectivity index (χ1) is 9.34. The van der Waals surface area contributed by atoms with Crippen LogP contribution in [0.1, 0.15) is 11.1 Å². The Morgan fingerprint density at radius 2 is 2.16 bits per heavy atom. The number of hydrogen-bond acceptors (Lipinski definition) is 3. The lowest BCUT2D eigenvalue weighted by molar-refractivity contribution is 0.696. The van der Waals surface area contributed by atoms with E-state index >= 15 is 0 Å². The molecule has 19 heavy (non-hydrogen) atoms. The van der Waals surface area contributed by atoms with Crippen LogP contribution in [0.5, 0.6) is 0 Å². The molecular weight excluding hydrogens is 304 g/mol. The quantitative estimate of drug-likeness (QED) is 0.778. The van der Waals surface area contributed by atoms with E-state index in [1.807, 2.05) is 24.7 Å².